The summed E-state index contributed by atoms with van der Waals surface area (Å²) in [6, 6.07) is 6.52. The van der Waals surface area contributed by atoms with Gasteiger partial charge in [-0.3, -0.25) is 0 Å². The van der Waals surface area contributed by atoms with Gasteiger partial charge in [0, 0.05) is 12.1 Å². The van der Waals surface area contributed by atoms with Crippen LogP contribution in [-0.4, -0.2) is 17.1 Å². The van der Waals surface area contributed by atoms with E-state index >= 15 is 0 Å². The van der Waals surface area contributed by atoms with Gasteiger partial charge in [0.1, 0.15) is 10.4 Å². The Kier molecular flexibility index (Phi) is 3.59. The van der Waals surface area contributed by atoms with Gasteiger partial charge in [0.15, 0.2) is 0 Å². The third-order valence-corrected chi connectivity index (χ3v) is 3.31. The van der Waals surface area contributed by atoms with E-state index in [0.29, 0.717) is 6.04 Å². The molecule has 3 N–H and O–H groups in total. The van der Waals surface area contributed by atoms with Crippen LogP contribution in [0.1, 0.15) is 25.7 Å². The Hall–Kier alpha value is -0.610. The second-order valence-corrected chi connectivity index (χ2v) is 4.86. The average molecular weight is 270 g/mol. The number of nitrogens with one attached hydrogen (secondary N) is 1. The van der Waals surface area contributed by atoms with Crippen molar-refractivity contribution in [2.24, 2.45) is 5.73 Å². The SMILES string of the molecule is N[C@@H]1CCCC[C@H]1Nc1cccc(Br)n1. The first kappa shape index (κ1) is 10.9. The molecule has 1 aromatic heterocycles. The number of halogens is 1. The topological polar surface area (TPSA) is 50.9 Å². The van der Waals surface area contributed by atoms with Crippen molar-refractivity contribution in [2.45, 2.75) is 37.8 Å². The molecule has 1 aliphatic carbocycles. The van der Waals surface area contributed by atoms with E-state index < -0.39 is 0 Å². The van der Waals surface area contributed by atoms with E-state index in [-0.39, 0.29) is 6.04 Å². The molecule has 4 heteroatoms. The van der Waals surface area contributed by atoms with Crippen LogP contribution in [0.2, 0.25) is 0 Å². The highest BCUT2D eigenvalue weighted by molar-refractivity contribution is 9.10. The molecule has 2 rings (SSSR count). The highest BCUT2D eigenvalue weighted by atomic mass is 79.9. The number of hydrogen-bond donors (Lipinski definition) is 2. The molecule has 0 spiro atoms. The third kappa shape index (κ3) is 2.92. The maximum Gasteiger partial charge on any atom is 0.127 e. The third-order valence-electron chi connectivity index (χ3n) is 2.87. The van der Waals surface area contributed by atoms with Crippen molar-refractivity contribution < 1.29 is 0 Å². The van der Waals surface area contributed by atoms with Crippen LogP contribution >= 0.6 is 15.9 Å². The average Bonchev–Trinajstić information content (AvgIpc) is 2.22. The molecular weight excluding hydrogens is 254 g/mol. The van der Waals surface area contributed by atoms with E-state index in [1.54, 1.807) is 0 Å². The molecule has 1 aromatic rings. The number of nitrogens with zero attached hydrogens (tertiary/aromatic N) is 1. The predicted octanol–water partition coefficient (Wildman–Crippen LogP) is 2.53. The zero-order chi connectivity index (χ0) is 10.7. The zero-order valence-electron chi connectivity index (χ0n) is 8.62. The maximum absolute atomic E-state index is 6.06. The summed E-state index contributed by atoms with van der Waals surface area (Å²) >= 11 is 3.36. The first-order chi connectivity index (χ1) is 7.25. The van der Waals surface area contributed by atoms with E-state index in [1.165, 1.54) is 12.8 Å². The molecule has 0 amide bonds. The van der Waals surface area contributed by atoms with Gasteiger partial charge in [-0.15, -0.1) is 0 Å². The normalized spacial score (nSPS) is 26.3. The lowest BCUT2D eigenvalue weighted by Gasteiger charge is -2.29. The minimum absolute atomic E-state index is 0.263. The van der Waals surface area contributed by atoms with Crippen LogP contribution in [0.25, 0.3) is 0 Å². The van der Waals surface area contributed by atoms with Crippen molar-refractivity contribution in [3.05, 3.63) is 22.8 Å². The van der Waals surface area contributed by atoms with E-state index in [9.17, 15) is 0 Å². The van der Waals surface area contributed by atoms with Crippen molar-refractivity contribution in [1.82, 2.24) is 4.98 Å². The molecule has 1 saturated carbocycles. The standard InChI is InChI=1S/C11H16BrN3/c12-10-6-3-7-11(15-10)14-9-5-2-1-4-8(9)13/h3,6-9H,1-2,4-5,13H2,(H,14,15)/t8-,9-/m1/s1. The lowest BCUT2D eigenvalue weighted by atomic mass is 9.91. The lowest BCUT2D eigenvalue weighted by molar-refractivity contribution is 0.403. The predicted molar refractivity (Wildman–Crippen MR) is 65.8 cm³/mol. The summed E-state index contributed by atoms with van der Waals surface area (Å²) in [5, 5.41) is 3.41. The summed E-state index contributed by atoms with van der Waals surface area (Å²) in [5.74, 6) is 0.909. The molecule has 2 atom stereocenters. The van der Waals surface area contributed by atoms with Crippen LogP contribution in [0.4, 0.5) is 5.82 Å². The Morgan fingerprint density at radius 2 is 2.13 bits per heavy atom. The van der Waals surface area contributed by atoms with E-state index in [1.807, 2.05) is 18.2 Å². The van der Waals surface area contributed by atoms with Crippen molar-refractivity contribution in [2.75, 3.05) is 5.32 Å². The number of anilines is 1. The second kappa shape index (κ2) is 4.94. The monoisotopic (exact) mass is 269 g/mol. The number of rotatable bonds is 2. The molecule has 0 radical (unpaired) electrons. The van der Waals surface area contributed by atoms with Gasteiger partial charge in [-0.25, -0.2) is 4.98 Å². The summed E-state index contributed by atoms with van der Waals surface area (Å²) < 4.78 is 0.858. The zero-order valence-corrected chi connectivity index (χ0v) is 10.2. The number of hydrogen-bond acceptors (Lipinski definition) is 3. The van der Waals surface area contributed by atoms with Crippen LogP contribution in [0.5, 0.6) is 0 Å². The molecule has 1 fully saturated rings. The molecule has 0 aromatic carbocycles. The second-order valence-electron chi connectivity index (χ2n) is 4.04. The summed E-state index contributed by atoms with van der Waals surface area (Å²) in [6.45, 7) is 0. The summed E-state index contributed by atoms with van der Waals surface area (Å²) in [4.78, 5) is 4.35. The molecule has 15 heavy (non-hydrogen) atoms. The Bertz CT molecular complexity index is 329. The molecule has 1 aliphatic rings. The van der Waals surface area contributed by atoms with Crippen molar-refractivity contribution in [3.8, 4) is 0 Å². The fraction of sp³-hybridized carbons (Fsp3) is 0.545. The Labute approximate surface area is 98.6 Å². The summed E-state index contributed by atoms with van der Waals surface area (Å²) in [5.41, 5.74) is 6.06. The highest BCUT2D eigenvalue weighted by Gasteiger charge is 2.21. The van der Waals surface area contributed by atoms with Gasteiger partial charge in [0.25, 0.3) is 0 Å². The molecule has 0 aliphatic heterocycles. The molecular formula is C11H16BrN3. The number of aromatic nitrogens is 1. The Balaban J connectivity index is 2.01. The van der Waals surface area contributed by atoms with Crippen LogP contribution in [-0.2, 0) is 0 Å². The smallest absolute Gasteiger partial charge is 0.127 e. The van der Waals surface area contributed by atoms with Crippen LogP contribution < -0.4 is 11.1 Å². The van der Waals surface area contributed by atoms with Gasteiger partial charge in [0.2, 0.25) is 0 Å². The largest absolute Gasteiger partial charge is 0.366 e. The van der Waals surface area contributed by atoms with Gasteiger partial charge in [-0.05, 0) is 40.9 Å². The molecule has 0 saturated heterocycles. The highest BCUT2D eigenvalue weighted by Crippen LogP contribution is 2.20. The fourth-order valence-electron chi connectivity index (χ4n) is 2.02. The summed E-state index contributed by atoms with van der Waals surface area (Å²) in [6.07, 6.45) is 4.78. The van der Waals surface area contributed by atoms with Gasteiger partial charge in [-0.2, -0.15) is 0 Å². The Morgan fingerprint density at radius 3 is 2.87 bits per heavy atom. The molecule has 0 unspecified atom stereocenters. The Morgan fingerprint density at radius 1 is 1.33 bits per heavy atom. The quantitative estimate of drug-likeness (QED) is 0.812. The minimum atomic E-state index is 0.263. The van der Waals surface area contributed by atoms with E-state index in [2.05, 4.69) is 26.2 Å². The number of nitrogens with two attached hydrogens (primary N) is 1. The molecule has 1 heterocycles. The van der Waals surface area contributed by atoms with Crippen LogP contribution in [0, 0.1) is 0 Å². The van der Waals surface area contributed by atoms with Gasteiger partial charge in [0.05, 0.1) is 0 Å². The van der Waals surface area contributed by atoms with Crippen LogP contribution in [0.3, 0.4) is 0 Å². The fourth-order valence-corrected chi connectivity index (χ4v) is 2.36. The van der Waals surface area contributed by atoms with Crippen molar-refractivity contribution in [3.63, 3.8) is 0 Å². The minimum Gasteiger partial charge on any atom is -0.366 e. The van der Waals surface area contributed by atoms with Crippen molar-refractivity contribution >= 4 is 21.7 Å². The van der Waals surface area contributed by atoms with Crippen LogP contribution in [0.15, 0.2) is 22.8 Å². The molecule has 82 valence electrons. The van der Waals surface area contributed by atoms with E-state index in [0.717, 1.165) is 23.3 Å². The first-order valence-electron chi connectivity index (χ1n) is 5.40. The molecule has 0 bridgehead atoms. The molecule has 3 nitrogen and oxygen atoms in total. The van der Waals surface area contributed by atoms with Gasteiger partial charge < -0.3 is 11.1 Å². The van der Waals surface area contributed by atoms with Gasteiger partial charge >= 0.3 is 0 Å². The first-order valence-corrected chi connectivity index (χ1v) is 6.20. The van der Waals surface area contributed by atoms with E-state index in [4.69, 9.17) is 5.73 Å². The lowest BCUT2D eigenvalue weighted by Crippen LogP contribution is -2.42. The summed E-state index contributed by atoms with van der Waals surface area (Å²) in [7, 11) is 0. The maximum atomic E-state index is 6.06. The number of pyridine rings is 1. The van der Waals surface area contributed by atoms with Gasteiger partial charge in [-0.1, -0.05) is 18.9 Å². The van der Waals surface area contributed by atoms with Crippen molar-refractivity contribution in [1.29, 1.82) is 0 Å².